The number of piperidine rings is 1. The maximum Gasteiger partial charge on any atom is 0.250 e. The van der Waals surface area contributed by atoms with Crippen molar-refractivity contribution >= 4 is 17.3 Å². The number of methoxy groups -OCH3 is 2. The number of pyridine rings is 1. The van der Waals surface area contributed by atoms with Gasteiger partial charge in [-0.3, -0.25) is 14.8 Å². The molecule has 2 bridgehead atoms. The molecule has 1 saturated heterocycles. The lowest BCUT2D eigenvalue weighted by molar-refractivity contribution is -0.126. The Morgan fingerprint density at radius 3 is 2.70 bits per heavy atom. The van der Waals surface area contributed by atoms with Gasteiger partial charge >= 0.3 is 0 Å². The fourth-order valence-electron chi connectivity index (χ4n) is 6.95. The molecule has 2 aromatic carbocycles. The van der Waals surface area contributed by atoms with Gasteiger partial charge in [0.2, 0.25) is 5.91 Å². The summed E-state index contributed by atoms with van der Waals surface area (Å²) in [6, 6.07) is 16.2. The zero-order chi connectivity index (χ0) is 28.0. The molecule has 10 nitrogen and oxygen atoms in total. The van der Waals surface area contributed by atoms with Crippen molar-refractivity contribution in [2.75, 3.05) is 37.4 Å². The zero-order valence-electron chi connectivity index (χ0n) is 22.6. The van der Waals surface area contributed by atoms with Crippen LogP contribution < -0.4 is 30.5 Å². The van der Waals surface area contributed by atoms with E-state index in [1.807, 2.05) is 41.0 Å². The number of anilines is 2. The summed E-state index contributed by atoms with van der Waals surface area (Å²) in [4.78, 5) is 28.8. The molecule has 0 spiro atoms. The van der Waals surface area contributed by atoms with E-state index in [4.69, 9.17) is 9.47 Å². The van der Waals surface area contributed by atoms with Crippen LogP contribution in [0.1, 0.15) is 29.2 Å². The second kappa shape index (κ2) is 10.5. The lowest BCUT2D eigenvalue weighted by atomic mass is 9.70. The maximum atomic E-state index is 13.8. The van der Waals surface area contributed by atoms with Gasteiger partial charge in [-0.15, -0.1) is 0 Å². The number of nitrogens with one attached hydrogen (secondary N) is 1. The number of rotatable bonds is 7. The highest BCUT2D eigenvalue weighted by Crippen LogP contribution is 2.47. The zero-order valence-corrected chi connectivity index (χ0v) is 22.6. The molecule has 1 amide bonds. The van der Waals surface area contributed by atoms with Crippen molar-refractivity contribution in [2.24, 2.45) is 11.8 Å². The SMILES string of the molecule is COc1ccc(CCNC(=O)C2Cc3cc(N([O-])O)ccc3N3CC4CC(Cn5c4cccc5=O)C23)cc1OC. The summed E-state index contributed by atoms with van der Waals surface area (Å²) in [6.07, 6.45) is 1.98. The van der Waals surface area contributed by atoms with Gasteiger partial charge in [-0.05, 0) is 72.7 Å². The first-order chi connectivity index (χ1) is 19.4. The van der Waals surface area contributed by atoms with Crippen LogP contribution in [0.5, 0.6) is 11.5 Å². The van der Waals surface area contributed by atoms with Crippen LogP contribution in [0.25, 0.3) is 0 Å². The molecule has 0 saturated carbocycles. The van der Waals surface area contributed by atoms with Gasteiger partial charge in [-0.2, -0.15) is 0 Å². The van der Waals surface area contributed by atoms with E-state index in [-0.39, 0.29) is 46.2 Å². The third-order valence-electron chi connectivity index (χ3n) is 8.71. The van der Waals surface area contributed by atoms with Gasteiger partial charge < -0.3 is 34.7 Å². The first-order valence-corrected chi connectivity index (χ1v) is 13.6. The summed E-state index contributed by atoms with van der Waals surface area (Å²) in [5.41, 5.74) is 4.01. The lowest BCUT2D eigenvalue weighted by Crippen LogP contribution is -2.61. The van der Waals surface area contributed by atoms with Crippen LogP contribution in [0.2, 0.25) is 0 Å². The van der Waals surface area contributed by atoms with E-state index in [0.717, 1.165) is 28.9 Å². The normalized spacial score (nSPS) is 22.4. The molecule has 1 fully saturated rings. The summed E-state index contributed by atoms with van der Waals surface area (Å²) in [5, 5.41) is 24.2. The molecule has 4 unspecified atom stereocenters. The Kier molecular flexibility index (Phi) is 6.89. The summed E-state index contributed by atoms with van der Waals surface area (Å²) in [5.74, 6) is 1.14. The Balaban J connectivity index is 1.27. The first kappa shape index (κ1) is 26.2. The van der Waals surface area contributed by atoms with Crippen LogP contribution in [-0.2, 0) is 24.2 Å². The fraction of sp³-hybridized carbons (Fsp3) is 0.400. The number of carbonyl (C=O) groups excluding carboxylic acids is 1. The lowest BCUT2D eigenvalue weighted by Gasteiger charge is -2.54. The Morgan fingerprint density at radius 2 is 1.93 bits per heavy atom. The van der Waals surface area contributed by atoms with Crippen molar-refractivity contribution in [2.45, 2.75) is 37.8 Å². The minimum atomic E-state index is -0.376. The smallest absolute Gasteiger partial charge is 0.250 e. The number of ether oxygens (including phenoxy) is 2. The van der Waals surface area contributed by atoms with E-state index in [9.17, 15) is 20.0 Å². The van der Waals surface area contributed by atoms with Gasteiger partial charge in [0.25, 0.3) is 5.56 Å². The number of amides is 1. The molecule has 6 rings (SSSR count). The molecule has 0 aliphatic carbocycles. The Bertz CT molecular complexity index is 1490. The van der Waals surface area contributed by atoms with Crippen LogP contribution in [0, 0.1) is 17.0 Å². The number of aromatic nitrogens is 1. The largest absolute Gasteiger partial charge is 0.733 e. The van der Waals surface area contributed by atoms with Crippen LogP contribution in [0.3, 0.4) is 0 Å². The number of carbonyl (C=O) groups is 1. The predicted octanol–water partition coefficient (Wildman–Crippen LogP) is 3.08. The summed E-state index contributed by atoms with van der Waals surface area (Å²) in [7, 11) is 3.19. The van der Waals surface area contributed by atoms with Crippen LogP contribution in [0.4, 0.5) is 11.4 Å². The maximum absolute atomic E-state index is 13.8. The van der Waals surface area contributed by atoms with Gasteiger partial charge in [0.1, 0.15) is 0 Å². The molecule has 10 heteroatoms. The highest BCUT2D eigenvalue weighted by molar-refractivity contribution is 5.82. The average Bonchev–Trinajstić information content (AvgIpc) is 2.96. The molecule has 3 aliphatic rings. The van der Waals surface area contributed by atoms with Gasteiger partial charge in [-0.1, -0.05) is 12.1 Å². The minimum absolute atomic E-state index is 0.00379. The molecular weight excluding hydrogens is 512 g/mol. The predicted molar refractivity (Wildman–Crippen MR) is 150 cm³/mol. The van der Waals surface area contributed by atoms with Crippen LogP contribution in [0.15, 0.2) is 59.4 Å². The highest BCUT2D eigenvalue weighted by Gasteiger charge is 2.49. The molecule has 3 aliphatic heterocycles. The second-order valence-electron chi connectivity index (χ2n) is 10.9. The minimum Gasteiger partial charge on any atom is -0.733 e. The fourth-order valence-corrected chi connectivity index (χ4v) is 6.95. The number of hydrogen-bond acceptors (Lipinski definition) is 8. The van der Waals surface area contributed by atoms with Crippen molar-refractivity contribution in [3.05, 3.63) is 87.0 Å². The van der Waals surface area contributed by atoms with E-state index in [0.29, 0.717) is 44.0 Å². The third kappa shape index (κ3) is 4.56. The van der Waals surface area contributed by atoms with Gasteiger partial charge in [-0.25, -0.2) is 0 Å². The van der Waals surface area contributed by atoms with Crippen LogP contribution in [-0.4, -0.2) is 49.0 Å². The van der Waals surface area contributed by atoms with Crippen molar-refractivity contribution in [1.82, 2.24) is 9.88 Å². The number of nitrogens with zero attached hydrogens (tertiary/aromatic N) is 3. The monoisotopic (exact) mass is 545 g/mol. The third-order valence-corrected chi connectivity index (χ3v) is 8.71. The molecule has 4 heterocycles. The molecule has 2 N–H and O–H groups in total. The Labute approximate surface area is 232 Å². The molecule has 0 radical (unpaired) electrons. The summed E-state index contributed by atoms with van der Waals surface area (Å²) >= 11 is 0. The van der Waals surface area contributed by atoms with Crippen molar-refractivity contribution < 1.29 is 19.5 Å². The Morgan fingerprint density at radius 1 is 1.10 bits per heavy atom. The van der Waals surface area contributed by atoms with E-state index >= 15 is 0 Å². The van der Waals surface area contributed by atoms with Gasteiger partial charge in [0.05, 0.1) is 25.8 Å². The number of fused-ring (bicyclic) bond motifs is 8. The second-order valence-corrected chi connectivity index (χ2v) is 10.9. The number of hydrogen-bond donors (Lipinski definition) is 2. The molecule has 3 aromatic rings. The molecule has 40 heavy (non-hydrogen) atoms. The van der Waals surface area contributed by atoms with Gasteiger partial charge in [0.15, 0.2) is 11.5 Å². The highest BCUT2D eigenvalue weighted by atomic mass is 16.8. The molecule has 4 atom stereocenters. The molecule has 210 valence electrons. The van der Waals surface area contributed by atoms with Crippen molar-refractivity contribution in [3.8, 4) is 11.5 Å². The standard InChI is InChI=1S/C30H33N4O6/c1-39-26-9-6-18(12-27(26)40-2)10-11-31-30(36)23-15-19-14-22(34(37)38)7-8-25(19)33-16-20-13-21(29(23)33)17-32-24(20)4-3-5-28(32)35/h3-9,12,14,20-21,23,29,37H,10-11,13,15-17H2,1-2H3,(H,31,36)/q-1. The van der Waals surface area contributed by atoms with Crippen molar-refractivity contribution in [3.63, 3.8) is 0 Å². The van der Waals surface area contributed by atoms with Crippen molar-refractivity contribution in [1.29, 1.82) is 0 Å². The summed E-state index contributed by atoms with van der Waals surface area (Å²) < 4.78 is 12.6. The number of benzene rings is 2. The average molecular weight is 546 g/mol. The topological polar surface area (TPSA) is 119 Å². The van der Waals surface area contributed by atoms with E-state index in [2.05, 4.69) is 10.2 Å². The molecular formula is C30H33N4O6-. The van der Waals surface area contributed by atoms with E-state index in [1.54, 1.807) is 32.4 Å². The van der Waals surface area contributed by atoms with E-state index < -0.39 is 0 Å². The Hall–Kier alpha value is -4.02. The first-order valence-electron chi connectivity index (χ1n) is 13.6. The van der Waals surface area contributed by atoms with E-state index in [1.165, 1.54) is 0 Å². The quantitative estimate of drug-likeness (QED) is 0.435. The van der Waals surface area contributed by atoms with Crippen LogP contribution >= 0.6 is 0 Å². The summed E-state index contributed by atoms with van der Waals surface area (Å²) in [6.45, 7) is 1.69. The van der Waals surface area contributed by atoms with Gasteiger partial charge in [0, 0.05) is 49.0 Å². The molecule has 1 aromatic heterocycles.